The molecular weight excluding hydrogens is 262 g/mol. The van der Waals surface area contributed by atoms with Gasteiger partial charge in [0.05, 0.1) is 6.61 Å². The molecule has 1 amide bonds. The first-order valence-corrected chi connectivity index (χ1v) is 7.28. The number of amides is 1. The third-order valence-corrected chi connectivity index (χ3v) is 3.82. The number of benzene rings is 2. The summed E-state index contributed by atoms with van der Waals surface area (Å²) >= 11 is 0. The Balaban J connectivity index is 1.56. The van der Waals surface area contributed by atoms with E-state index in [4.69, 9.17) is 4.74 Å². The van der Waals surface area contributed by atoms with Crippen molar-refractivity contribution in [1.82, 2.24) is 5.32 Å². The van der Waals surface area contributed by atoms with Gasteiger partial charge in [0, 0.05) is 18.0 Å². The lowest BCUT2D eigenvalue weighted by Gasteiger charge is -2.25. The third kappa shape index (κ3) is 3.24. The molecule has 2 aromatic rings. The lowest BCUT2D eigenvalue weighted by molar-refractivity contribution is 0.0939. The molecule has 1 aliphatic heterocycles. The molecule has 0 spiro atoms. The maximum absolute atomic E-state index is 12.1. The Kier molecular flexibility index (Phi) is 3.91. The van der Waals surface area contributed by atoms with Gasteiger partial charge in [-0.1, -0.05) is 35.9 Å². The van der Waals surface area contributed by atoms with E-state index in [1.165, 1.54) is 5.56 Å². The monoisotopic (exact) mass is 281 g/mol. The van der Waals surface area contributed by atoms with Gasteiger partial charge in [-0.25, -0.2) is 0 Å². The van der Waals surface area contributed by atoms with E-state index in [1.54, 1.807) is 0 Å². The van der Waals surface area contributed by atoms with E-state index in [-0.39, 0.29) is 5.91 Å². The summed E-state index contributed by atoms with van der Waals surface area (Å²) < 4.78 is 5.74. The van der Waals surface area contributed by atoms with Crippen molar-refractivity contribution in [2.75, 3.05) is 13.2 Å². The zero-order valence-electron chi connectivity index (χ0n) is 12.1. The largest absolute Gasteiger partial charge is 0.493 e. The van der Waals surface area contributed by atoms with Gasteiger partial charge in [0.25, 0.3) is 5.91 Å². The number of carbonyl (C=O) groups excluding carboxylic acids is 1. The summed E-state index contributed by atoms with van der Waals surface area (Å²) in [6.45, 7) is 3.31. The molecular formula is C18H19NO2. The molecule has 3 nitrogen and oxygen atoms in total. The van der Waals surface area contributed by atoms with Crippen molar-refractivity contribution in [3.8, 4) is 5.75 Å². The van der Waals surface area contributed by atoms with Gasteiger partial charge in [0.15, 0.2) is 0 Å². The molecule has 0 aromatic heterocycles. The Morgan fingerprint density at radius 1 is 1.19 bits per heavy atom. The zero-order valence-corrected chi connectivity index (χ0v) is 12.1. The fraction of sp³-hybridized carbons (Fsp3) is 0.278. The summed E-state index contributed by atoms with van der Waals surface area (Å²) in [5.41, 5.74) is 3.08. The number of para-hydroxylation sites is 1. The molecule has 2 aromatic carbocycles. The number of carbonyl (C=O) groups is 1. The first kappa shape index (κ1) is 13.7. The Morgan fingerprint density at radius 3 is 2.76 bits per heavy atom. The van der Waals surface area contributed by atoms with E-state index < -0.39 is 0 Å². The summed E-state index contributed by atoms with van der Waals surface area (Å²) in [7, 11) is 0. The third-order valence-electron chi connectivity index (χ3n) is 3.82. The molecule has 21 heavy (non-hydrogen) atoms. The molecule has 0 fully saturated rings. The number of hydrogen-bond donors (Lipinski definition) is 1. The number of rotatable bonds is 3. The van der Waals surface area contributed by atoms with Crippen LogP contribution in [0.5, 0.6) is 5.75 Å². The molecule has 108 valence electrons. The minimum absolute atomic E-state index is 0.0196. The van der Waals surface area contributed by atoms with Crippen molar-refractivity contribution >= 4 is 5.91 Å². The van der Waals surface area contributed by atoms with Gasteiger partial charge in [-0.05, 0) is 37.1 Å². The highest BCUT2D eigenvalue weighted by atomic mass is 16.5. The SMILES string of the molecule is Cc1ccc(C(=O)NCC2COc3ccccc3C2)cc1. The average molecular weight is 281 g/mol. The number of aryl methyl sites for hydroxylation is 1. The molecule has 0 aliphatic carbocycles. The van der Waals surface area contributed by atoms with E-state index >= 15 is 0 Å². The second-order valence-corrected chi connectivity index (χ2v) is 5.56. The van der Waals surface area contributed by atoms with Crippen LogP contribution in [-0.4, -0.2) is 19.1 Å². The zero-order chi connectivity index (χ0) is 14.7. The summed E-state index contributed by atoms with van der Waals surface area (Å²) in [6, 6.07) is 15.7. The quantitative estimate of drug-likeness (QED) is 0.939. The van der Waals surface area contributed by atoms with Crippen molar-refractivity contribution in [3.05, 3.63) is 65.2 Å². The second kappa shape index (κ2) is 6.00. The Bertz CT molecular complexity index is 634. The molecule has 1 aliphatic rings. The molecule has 3 heteroatoms. The van der Waals surface area contributed by atoms with Gasteiger partial charge in [-0.15, -0.1) is 0 Å². The highest BCUT2D eigenvalue weighted by molar-refractivity contribution is 5.94. The van der Waals surface area contributed by atoms with Crippen LogP contribution in [0.2, 0.25) is 0 Å². The predicted octanol–water partition coefficient (Wildman–Crippen LogP) is 2.98. The van der Waals surface area contributed by atoms with Gasteiger partial charge in [-0.2, -0.15) is 0 Å². The van der Waals surface area contributed by atoms with Crippen molar-refractivity contribution < 1.29 is 9.53 Å². The van der Waals surface area contributed by atoms with E-state index in [2.05, 4.69) is 11.4 Å². The predicted molar refractivity (Wildman–Crippen MR) is 82.6 cm³/mol. The van der Waals surface area contributed by atoms with Gasteiger partial charge >= 0.3 is 0 Å². The molecule has 1 N–H and O–H groups in total. The van der Waals surface area contributed by atoms with Crippen LogP contribution in [0.15, 0.2) is 48.5 Å². The van der Waals surface area contributed by atoms with Crippen molar-refractivity contribution in [2.24, 2.45) is 5.92 Å². The molecule has 3 rings (SSSR count). The van der Waals surface area contributed by atoms with Crippen LogP contribution >= 0.6 is 0 Å². The summed E-state index contributed by atoms with van der Waals surface area (Å²) in [5.74, 6) is 1.28. The number of fused-ring (bicyclic) bond motifs is 1. The number of nitrogens with one attached hydrogen (secondary N) is 1. The smallest absolute Gasteiger partial charge is 0.251 e. The minimum atomic E-state index is -0.0196. The van der Waals surface area contributed by atoms with Crippen molar-refractivity contribution in [3.63, 3.8) is 0 Å². The van der Waals surface area contributed by atoms with E-state index in [0.29, 0.717) is 24.6 Å². The first-order valence-electron chi connectivity index (χ1n) is 7.28. The van der Waals surface area contributed by atoms with Gasteiger partial charge in [-0.3, -0.25) is 4.79 Å². The van der Waals surface area contributed by atoms with Gasteiger partial charge < -0.3 is 10.1 Å². The fourth-order valence-corrected chi connectivity index (χ4v) is 2.57. The van der Waals surface area contributed by atoms with E-state index in [0.717, 1.165) is 17.7 Å². The van der Waals surface area contributed by atoms with Crippen LogP contribution in [0.1, 0.15) is 21.5 Å². The van der Waals surface area contributed by atoms with Crippen LogP contribution in [0, 0.1) is 12.8 Å². The Morgan fingerprint density at radius 2 is 1.95 bits per heavy atom. The van der Waals surface area contributed by atoms with E-state index in [9.17, 15) is 4.79 Å². The first-order chi connectivity index (χ1) is 10.2. The number of hydrogen-bond acceptors (Lipinski definition) is 2. The van der Waals surface area contributed by atoms with E-state index in [1.807, 2.05) is 49.4 Å². The number of ether oxygens (including phenoxy) is 1. The summed E-state index contributed by atoms with van der Waals surface area (Å²) in [5, 5.41) is 3.00. The standard InChI is InChI=1S/C18H19NO2/c1-13-6-8-15(9-7-13)18(20)19-11-14-10-16-4-2-3-5-17(16)21-12-14/h2-9,14H,10-12H2,1H3,(H,19,20). The molecule has 0 radical (unpaired) electrons. The topological polar surface area (TPSA) is 38.3 Å². The molecule has 1 atom stereocenters. The maximum Gasteiger partial charge on any atom is 0.251 e. The van der Waals surface area contributed by atoms with Gasteiger partial charge in [0.1, 0.15) is 5.75 Å². The van der Waals surface area contributed by atoms with Crippen LogP contribution in [0.3, 0.4) is 0 Å². The lowest BCUT2D eigenvalue weighted by Crippen LogP contribution is -2.34. The summed E-state index contributed by atoms with van der Waals surface area (Å²) in [4.78, 5) is 12.1. The summed E-state index contributed by atoms with van der Waals surface area (Å²) in [6.07, 6.45) is 0.949. The Hall–Kier alpha value is -2.29. The van der Waals surface area contributed by atoms with Crippen molar-refractivity contribution in [1.29, 1.82) is 0 Å². The minimum Gasteiger partial charge on any atom is -0.493 e. The second-order valence-electron chi connectivity index (χ2n) is 5.56. The molecule has 0 saturated heterocycles. The van der Waals surface area contributed by atoms with Gasteiger partial charge in [0.2, 0.25) is 0 Å². The highest BCUT2D eigenvalue weighted by Crippen LogP contribution is 2.26. The normalized spacial score (nSPS) is 16.7. The van der Waals surface area contributed by atoms with Crippen molar-refractivity contribution in [2.45, 2.75) is 13.3 Å². The van der Waals surface area contributed by atoms with Crippen LogP contribution in [-0.2, 0) is 6.42 Å². The maximum atomic E-state index is 12.1. The highest BCUT2D eigenvalue weighted by Gasteiger charge is 2.20. The Labute approximate surface area is 124 Å². The molecule has 1 heterocycles. The molecule has 0 saturated carbocycles. The van der Waals surface area contributed by atoms with Crippen LogP contribution in [0.4, 0.5) is 0 Å². The molecule has 0 bridgehead atoms. The fourth-order valence-electron chi connectivity index (χ4n) is 2.57. The van der Waals surface area contributed by atoms with Crippen LogP contribution < -0.4 is 10.1 Å². The average Bonchev–Trinajstić information content (AvgIpc) is 2.53. The lowest BCUT2D eigenvalue weighted by atomic mass is 9.96. The molecule has 1 unspecified atom stereocenters. The van der Waals surface area contributed by atoms with Crippen LogP contribution in [0.25, 0.3) is 0 Å².